The maximum atomic E-state index is 12.5. The number of hydrogen-bond donors (Lipinski definition) is 1. The van der Waals surface area contributed by atoms with E-state index in [-0.39, 0.29) is 17.9 Å². The topological polar surface area (TPSA) is 58.4 Å². The molecule has 0 radical (unpaired) electrons. The summed E-state index contributed by atoms with van der Waals surface area (Å²) in [6.45, 7) is 6.11. The lowest BCUT2D eigenvalue weighted by atomic mass is 10.0. The number of rotatable bonds is 4. The van der Waals surface area contributed by atoms with Gasteiger partial charge in [0.25, 0.3) is 5.91 Å². The van der Waals surface area contributed by atoms with Crippen molar-refractivity contribution in [3.8, 4) is 0 Å². The monoisotopic (exact) mass is 353 g/mol. The molecule has 1 saturated heterocycles. The molecule has 26 heavy (non-hydrogen) atoms. The normalized spacial score (nSPS) is 21.1. The third-order valence-corrected chi connectivity index (χ3v) is 5.68. The summed E-state index contributed by atoms with van der Waals surface area (Å²) in [7, 11) is 0. The molecule has 1 aliphatic heterocycles. The van der Waals surface area contributed by atoms with Gasteiger partial charge in [-0.15, -0.1) is 0 Å². The van der Waals surface area contributed by atoms with Crippen LogP contribution < -0.4 is 5.32 Å². The standard InChI is InChI=1S/C21H27N3O2/c1-14(2)19-12-20(26-23-19)21(25)22-17-8-5-9-24(13-17)18-10-15-6-3-4-7-16(15)11-18/h3-4,6-7,12,14,17-18H,5,8-11,13H2,1-2H3,(H,22,25)/t17-/m0/s1. The van der Waals surface area contributed by atoms with Crippen LogP contribution in [0.1, 0.15) is 60.0 Å². The van der Waals surface area contributed by atoms with Crippen molar-refractivity contribution in [3.63, 3.8) is 0 Å². The zero-order valence-corrected chi connectivity index (χ0v) is 15.6. The SMILES string of the molecule is CC(C)c1cc(C(=O)N[C@H]2CCCN(C3Cc4ccccc4C3)C2)on1. The Morgan fingerprint density at radius 3 is 2.65 bits per heavy atom. The van der Waals surface area contributed by atoms with Crippen molar-refractivity contribution in [2.24, 2.45) is 0 Å². The average Bonchev–Trinajstić information content (AvgIpc) is 3.29. The van der Waals surface area contributed by atoms with Gasteiger partial charge in [0.15, 0.2) is 0 Å². The van der Waals surface area contributed by atoms with Crippen LogP contribution in [0.2, 0.25) is 0 Å². The molecule has 2 aromatic rings. The Labute approximate surface area is 154 Å². The number of fused-ring (bicyclic) bond motifs is 1. The number of benzene rings is 1. The predicted molar refractivity (Wildman–Crippen MR) is 100 cm³/mol. The van der Waals surface area contributed by atoms with Crippen LogP contribution in [0.15, 0.2) is 34.9 Å². The van der Waals surface area contributed by atoms with E-state index in [4.69, 9.17) is 4.52 Å². The largest absolute Gasteiger partial charge is 0.351 e. The lowest BCUT2D eigenvalue weighted by Gasteiger charge is -2.36. The highest BCUT2D eigenvalue weighted by Gasteiger charge is 2.31. The van der Waals surface area contributed by atoms with Crippen LogP contribution in [0, 0.1) is 0 Å². The van der Waals surface area contributed by atoms with Crippen LogP contribution in [0.3, 0.4) is 0 Å². The first-order valence-electron chi connectivity index (χ1n) is 9.68. The fraction of sp³-hybridized carbons (Fsp3) is 0.524. The number of carbonyl (C=O) groups is 1. The molecule has 2 heterocycles. The Morgan fingerprint density at radius 1 is 1.27 bits per heavy atom. The smallest absolute Gasteiger partial charge is 0.290 e. The van der Waals surface area contributed by atoms with Crippen LogP contribution >= 0.6 is 0 Å². The number of nitrogens with zero attached hydrogens (tertiary/aromatic N) is 2. The first-order valence-corrected chi connectivity index (χ1v) is 9.68. The van der Waals surface area contributed by atoms with E-state index in [2.05, 4.69) is 39.6 Å². The molecule has 1 N–H and O–H groups in total. The molecule has 0 bridgehead atoms. The summed E-state index contributed by atoms with van der Waals surface area (Å²) in [4.78, 5) is 15.0. The van der Waals surface area contributed by atoms with Crippen LogP contribution in [-0.2, 0) is 12.8 Å². The van der Waals surface area contributed by atoms with Crippen molar-refractivity contribution in [2.75, 3.05) is 13.1 Å². The molecule has 0 saturated carbocycles. The van der Waals surface area contributed by atoms with Crippen molar-refractivity contribution in [1.82, 2.24) is 15.4 Å². The summed E-state index contributed by atoms with van der Waals surface area (Å²) in [5.74, 6) is 0.430. The van der Waals surface area contributed by atoms with E-state index in [1.54, 1.807) is 6.07 Å². The first-order chi connectivity index (χ1) is 12.6. The summed E-state index contributed by atoms with van der Waals surface area (Å²) in [6.07, 6.45) is 4.38. The molecule has 4 rings (SSSR count). The quantitative estimate of drug-likeness (QED) is 0.917. The third-order valence-electron chi connectivity index (χ3n) is 5.68. The van der Waals surface area contributed by atoms with Gasteiger partial charge in [-0.1, -0.05) is 43.3 Å². The van der Waals surface area contributed by atoms with Crippen LogP contribution in [-0.4, -0.2) is 41.1 Å². The van der Waals surface area contributed by atoms with Gasteiger partial charge < -0.3 is 9.84 Å². The summed E-state index contributed by atoms with van der Waals surface area (Å²) in [5, 5.41) is 7.13. The summed E-state index contributed by atoms with van der Waals surface area (Å²) in [6, 6.07) is 11.2. The zero-order chi connectivity index (χ0) is 18.1. The Morgan fingerprint density at radius 2 is 2.00 bits per heavy atom. The van der Waals surface area contributed by atoms with E-state index < -0.39 is 0 Å². The second-order valence-electron chi connectivity index (χ2n) is 7.91. The molecule has 1 fully saturated rings. The summed E-state index contributed by atoms with van der Waals surface area (Å²) in [5.41, 5.74) is 3.78. The van der Waals surface area contributed by atoms with Gasteiger partial charge in [0.05, 0.1) is 5.69 Å². The highest BCUT2D eigenvalue weighted by atomic mass is 16.5. The zero-order valence-electron chi connectivity index (χ0n) is 15.6. The fourth-order valence-corrected chi connectivity index (χ4v) is 4.17. The van der Waals surface area contributed by atoms with Crippen molar-refractivity contribution in [1.29, 1.82) is 0 Å². The third kappa shape index (κ3) is 3.54. The van der Waals surface area contributed by atoms with Crippen molar-refractivity contribution in [3.05, 3.63) is 52.9 Å². The highest BCUT2D eigenvalue weighted by Crippen LogP contribution is 2.27. The average molecular weight is 353 g/mol. The van der Waals surface area contributed by atoms with Crippen LogP contribution in [0.5, 0.6) is 0 Å². The van der Waals surface area contributed by atoms with Gasteiger partial charge in [-0.2, -0.15) is 0 Å². The maximum absolute atomic E-state index is 12.5. The molecule has 5 nitrogen and oxygen atoms in total. The fourth-order valence-electron chi connectivity index (χ4n) is 4.17. The molecule has 1 aromatic heterocycles. The number of amides is 1. The van der Waals surface area contributed by atoms with Gasteiger partial charge >= 0.3 is 0 Å². The van der Waals surface area contributed by atoms with Crippen molar-refractivity contribution >= 4 is 5.91 Å². The number of aromatic nitrogens is 1. The van der Waals surface area contributed by atoms with E-state index in [0.29, 0.717) is 11.8 Å². The lowest BCUT2D eigenvalue weighted by Crippen LogP contribution is -2.51. The number of hydrogen-bond acceptors (Lipinski definition) is 4. The number of nitrogens with one attached hydrogen (secondary N) is 1. The second-order valence-corrected chi connectivity index (χ2v) is 7.91. The molecular weight excluding hydrogens is 326 g/mol. The van der Waals surface area contributed by atoms with E-state index in [9.17, 15) is 4.79 Å². The molecule has 5 heteroatoms. The number of piperidine rings is 1. The molecule has 1 aromatic carbocycles. The van der Waals surface area contributed by atoms with Crippen LogP contribution in [0.25, 0.3) is 0 Å². The van der Waals surface area contributed by atoms with E-state index in [1.165, 1.54) is 11.1 Å². The molecule has 1 aliphatic carbocycles. The highest BCUT2D eigenvalue weighted by molar-refractivity contribution is 5.91. The summed E-state index contributed by atoms with van der Waals surface area (Å²) >= 11 is 0. The van der Waals surface area contributed by atoms with Gasteiger partial charge in [0, 0.05) is 24.7 Å². The van der Waals surface area contributed by atoms with Gasteiger partial charge in [-0.3, -0.25) is 9.69 Å². The Kier molecular flexibility index (Phi) is 4.81. The van der Waals surface area contributed by atoms with Gasteiger partial charge in [-0.05, 0) is 49.3 Å². The molecular formula is C21H27N3O2. The minimum atomic E-state index is -0.147. The predicted octanol–water partition coefficient (Wildman–Crippen LogP) is 3.16. The maximum Gasteiger partial charge on any atom is 0.290 e. The molecule has 0 spiro atoms. The van der Waals surface area contributed by atoms with E-state index >= 15 is 0 Å². The van der Waals surface area contributed by atoms with Crippen LogP contribution in [0.4, 0.5) is 0 Å². The molecule has 1 amide bonds. The van der Waals surface area contributed by atoms with Gasteiger partial charge in [0.2, 0.25) is 5.76 Å². The minimum absolute atomic E-state index is 0.147. The minimum Gasteiger partial charge on any atom is -0.351 e. The molecule has 2 aliphatic rings. The van der Waals surface area contributed by atoms with Crippen molar-refractivity contribution < 1.29 is 9.32 Å². The number of carbonyl (C=O) groups excluding carboxylic acids is 1. The van der Waals surface area contributed by atoms with E-state index in [1.807, 2.05) is 13.8 Å². The first kappa shape index (κ1) is 17.3. The van der Waals surface area contributed by atoms with Crippen molar-refractivity contribution in [2.45, 2.75) is 57.5 Å². The lowest BCUT2D eigenvalue weighted by molar-refractivity contribution is 0.0841. The van der Waals surface area contributed by atoms with Gasteiger partial charge in [0.1, 0.15) is 0 Å². The Hall–Kier alpha value is -2.14. The number of likely N-dealkylation sites (tertiary alicyclic amines) is 1. The Bertz CT molecular complexity index is 758. The Balaban J connectivity index is 1.36. The molecule has 1 atom stereocenters. The molecule has 138 valence electrons. The molecule has 0 unspecified atom stereocenters. The summed E-state index contributed by atoms with van der Waals surface area (Å²) < 4.78 is 5.22. The van der Waals surface area contributed by atoms with E-state index in [0.717, 1.165) is 44.5 Å². The second kappa shape index (κ2) is 7.23. The van der Waals surface area contributed by atoms with Gasteiger partial charge in [-0.25, -0.2) is 0 Å².